The average molecular weight is 258 g/mol. The van der Waals surface area contributed by atoms with Crippen LogP contribution in [0.15, 0.2) is 28.1 Å². The van der Waals surface area contributed by atoms with Gasteiger partial charge in [-0.05, 0) is 18.9 Å². The molecule has 0 saturated carbocycles. The van der Waals surface area contributed by atoms with Gasteiger partial charge in [-0.3, -0.25) is 4.79 Å². The van der Waals surface area contributed by atoms with Gasteiger partial charge in [0, 0.05) is 18.4 Å². The van der Waals surface area contributed by atoms with E-state index in [9.17, 15) is 9.90 Å². The molecule has 0 fully saturated rings. The average Bonchev–Trinajstić information content (AvgIpc) is 2.31. The lowest BCUT2D eigenvalue weighted by molar-refractivity contribution is -0.115. The lowest BCUT2D eigenvalue weighted by atomic mass is 9.92. The van der Waals surface area contributed by atoms with E-state index in [0.717, 1.165) is 0 Å². The fraction of sp³-hybridized carbons (Fsp3) is 0.500. The Balaban J connectivity index is 2.81. The van der Waals surface area contributed by atoms with E-state index >= 15 is 0 Å². The zero-order valence-electron chi connectivity index (χ0n) is 9.78. The summed E-state index contributed by atoms with van der Waals surface area (Å²) in [6, 6.07) is 0. The van der Waals surface area contributed by atoms with Crippen molar-refractivity contribution >= 4 is 23.1 Å². The van der Waals surface area contributed by atoms with Crippen molar-refractivity contribution < 1.29 is 14.7 Å². The van der Waals surface area contributed by atoms with Crippen molar-refractivity contribution in [3.05, 3.63) is 22.9 Å². The maximum atomic E-state index is 11.7. The van der Waals surface area contributed by atoms with Crippen molar-refractivity contribution in [1.29, 1.82) is 0 Å². The largest absolute Gasteiger partial charge is 0.511 e. The van der Waals surface area contributed by atoms with Crippen molar-refractivity contribution in [3.63, 3.8) is 0 Å². The Hall–Kier alpha value is -1.29. The van der Waals surface area contributed by atoms with Crippen molar-refractivity contribution in [3.8, 4) is 0 Å². The zero-order chi connectivity index (χ0) is 12.7. The first-order valence-electron chi connectivity index (χ1n) is 5.60. The quantitative estimate of drug-likeness (QED) is 0.468. The highest BCUT2D eigenvalue weighted by Gasteiger charge is 2.24. The highest BCUT2D eigenvalue weighted by Crippen LogP contribution is 2.22. The summed E-state index contributed by atoms with van der Waals surface area (Å²) in [7, 11) is 0. The minimum atomic E-state index is -0.0640. The van der Waals surface area contributed by atoms with Crippen LogP contribution < -0.4 is 0 Å². The number of ketones is 1. The molecule has 1 N–H and O–H groups in total. The maximum absolute atomic E-state index is 11.7. The number of rotatable bonds is 5. The SMILES string of the molecule is CCC(=NOCC=CCl)C1=C(O)CCCC1=O. The molecular formula is C12H16ClNO3. The van der Waals surface area contributed by atoms with Crippen LogP contribution in [0.4, 0.5) is 0 Å². The Morgan fingerprint density at radius 3 is 2.94 bits per heavy atom. The summed E-state index contributed by atoms with van der Waals surface area (Å²) in [5.41, 5.74) is 2.16. The first kappa shape index (κ1) is 13.8. The highest BCUT2D eigenvalue weighted by molar-refractivity contribution is 6.25. The topological polar surface area (TPSA) is 58.9 Å². The smallest absolute Gasteiger partial charge is 0.168 e. The van der Waals surface area contributed by atoms with E-state index in [4.69, 9.17) is 16.4 Å². The van der Waals surface area contributed by atoms with Gasteiger partial charge in [-0.25, -0.2) is 0 Å². The number of aliphatic hydroxyl groups is 1. The molecule has 1 aliphatic rings. The first-order valence-corrected chi connectivity index (χ1v) is 6.04. The third-order valence-electron chi connectivity index (χ3n) is 2.44. The van der Waals surface area contributed by atoms with Crippen LogP contribution in [-0.2, 0) is 9.63 Å². The van der Waals surface area contributed by atoms with E-state index in [1.54, 1.807) is 6.08 Å². The molecule has 17 heavy (non-hydrogen) atoms. The molecule has 0 radical (unpaired) electrons. The maximum Gasteiger partial charge on any atom is 0.168 e. The summed E-state index contributed by atoms with van der Waals surface area (Å²) in [6.07, 6.45) is 3.81. The summed E-state index contributed by atoms with van der Waals surface area (Å²) >= 11 is 5.33. The van der Waals surface area contributed by atoms with E-state index in [0.29, 0.717) is 37.0 Å². The second-order valence-electron chi connectivity index (χ2n) is 3.65. The first-order chi connectivity index (χ1) is 8.20. The minimum Gasteiger partial charge on any atom is -0.511 e. The van der Waals surface area contributed by atoms with Crippen LogP contribution in [0.2, 0.25) is 0 Å². The molecular weight excluding hydrogens is 242 g/mol. The number of halogens is 1. The second-order valence-corrected chi connectivity index (χ2v) is 3.90. The number of hydrogen-bond acceptors (Lipinski definition) is 4. The number of nitrogens with zero attached hydrogens (tertiary/aromatic N) is 1. The normalized spacial score (nSPS) is 18.0. The van der Waals surface area contributed by atoms with E-state index in [2.05, 4.69) is 5.16 Å². The lowest BCUT2D eigenvalue weighted by Crippen LogP contribution is -2.19. The van der Waals surface area contributed by atoms with Crippen molar-refractivity contribution in [2.24, 2.45) is 5.16 Å². The lowest BCUT2D eigenvalue weighted by Gasteiger charge is -2.15. The number of oxime groups is 1. The number of aliphatic hydroxyl groups excluding tert-OH is 1. The molecule has 94 valence electrons. The summed E-state index contributed by atoms with van der Waals surface area (Å²) < 4.78 is 0. The molecule has 0 heterocycles. The molecule has 0 aromatic carbocycles. The summed E-state index contributed by atoms with van der Waals surface area (Å²) in [6.45, 7) is 2.11. The zero-order valence-corrected chi connectivity index (χ0v) is 10.5. The Morgan fingerprint density at radius 2 is 2.35 bits per heavy atom. The van der Waals surface area contributed by atoms with Gasteiger partial charge in [-0.2, -0.15) is 0 Å². The van der Waals surface area contributed by atoms with Crippen LogP contribution in [0, 0.1) is 0 Å². The van der Waals surface area contributed by atoms with Gasteiger partial charge in [-0.1, -0.05) is 23.7 Å². The van der Waals surface area contributed by atoms with Crippen LogP contribution in [0.3, 0.4) is 0 Å². The van der Waals surface area contributed by atoms with Gasteiger partial charge in [0.15, 0.2) is 5.78 Å². The molecule has 0 spiro atoms. The van der Waals surface area contributed by atoms with Crippen molar-refractivity contribution in [2.45, 2.75) is 32.6 Å². The second kappa shape index (κ2) is 7.12. The van der Waals surface area contributed by atoms with Gasteiger partial charge >= 0.3 is 0 Å². The van der Waals surface area contributed by atoms with Gasteiger partial charge in [0.1, 0.15) is 12.4 Å². The monoisotopic (exact) mass is 257 g/mol. The molecule has 0 aromatic heterocycles. The minimum absolute atomic E-state index is 0.0640. The molecule has 4 nitrogen and oxygen atoms in total. The number of Topliss-reactive ketones (excluding diaryl/α,β-unsaturated/α-hetero) is 1. The van der Waals surface area contributed by atoms with Crippen LogP contribution in [-0.4, -0.2) is 23.2 Å². The van der Waals surface area contributed by atoms with Crippen LogP contribution in [0.1, 0.15) is 32.6 Å². The van der Waals surface area contributed by atoms with Gasteiger partial charge in [0.25, 0.3) is 0 Å². The van der Waals surface area contributed by atoms with Gasteiger partial charge in [0.05, 0.1) is 11.3 Å². The fourth-order valence-corrected chi connectivity index (χ4v) is 1.71. The van der Waals surface area contributed by atoms with E-state index in [1.165, 1.54) is 5.54 Å². The molecule has 5 heteroatoms. The number of allylic oxidation sites excluding steroid dienone is 2. The van der Waals surface area contributed by atoms with Crippen molar-refractivity contribution in [2.75, 3.05) is 6.61 Å². The molecule has 0 amide bonds. The van der Waals surface area contributed by atoms with E-state index in [-0.39, 0.29) is 18.1 Å². The van der Waals surface area contributed by atoms with Crippen LogP contribution in [0.5, 0.6) is 0 Å². The molecule has 0 aromatic rings. The Bertz CT molecular complexity index is 372. The summed E-state index contributed by atoms with van der Waals surface area (Å²) in [5, 5.41) is 13.6. The van der Waals surface area contributed by atoms with Crippen molar-refractivity contribution in [1.82, 2.24) is 0 Å². The van der Waals surface area contributed by atoms with Gasteiger partial charge in [0.2, 0.25) is 0 Å². The summed E-state index contributed by atoms with van der Waals surface area (Å²) in [4.78, 5) is 16.7. The molecule has 0 atom stereocenters. The molecule has 0 saturated heterocycles. The van der Waals surface area contributed by atoms with Gasteiger partial charge < -0.3 is 9.94 Å². The Morgan fingerprint density at radius 1 is 1.59 bits per heavy atom. The highest BCUT2D eigenvalue weighted by atomic mass is 35.5. The molecule has 1 rings (SSSR count). The Labute approximate surface area is 106 Å². The van der Waals surface area contributed by atoms with E-state index in [1.807, 2.05) is 6.92 Å². The standard InChI is InChI=1S/C12H16ClNO3/c1-2-9(14-17-8-4-7-13)12-10(15)5-3-6-11(12)16/h4,7,15H,2-3,5-6,8H2,1H3. The third-order valence-corrected chi connectivity index (χ3v) is 2.62. The number of hydrogen-bond donors (Lipinski definition) is 1. The predicted octanol–water partition coefficient (Wildman–Crippen LogP) is 3.09. The fourth-order valence-electron chi connectivity index (χ4n) is 1.64. The number of carbonyl (C=O) groups excluding carboxylic acids is 1. The molecule has 1 aliphatic carbocycles. The molecule has 0 aliphatic heterocycles. The van der Waals surface area contributed by atoms with E-state index < -0.39 is 0 Å². The summed E-state index contributed by atoms with van der Waals surface area (Å²) in [5.74, 6) is 0.0594. The molecule has 0 bridgehead atoms. The number of carbonyl (C=O) groups is 1. The third kappa shape index (κ3) is 3.89. The van der Waals surface area contributed by atoms with Gasteiger partial charge in [-0.15, -0.1) is 0 Å². The predicted molar refractivity (Wildman–Crippen MR) is 67.2 cm³/mol. The Kier molecular flexibility index (Phi) is 5.77. The molecule has 0 unspecified atom stereocenters. The van der Waals surface area contributed by atoms with Crippen LogP contribution in [0.25, 0.3) is 0 Å². The van der Waals surface area contributed by atoms with Crippen LogP contribution >= 0.6 is 11.6 Å².